The molecule has 1 aliphatic rings. The molecule has 1 fully saturated rings. The van der Waals surface area contributed by atoms with E-state index in [-0.39, 0.29) is 0 Å². The molecule has 0 spiro atoms. The number of halogens is 1. The van der Waals surface area contributed by atoms with Crippen molar-refractivity contribution < 1.29 is 0 Å². The first-order chi connectivity index (χ1) is 5.83. The average Bonchev–Trinajstić information content (AvgIpc) is 2.09. The maximum absolute atomic E-state index is 6.01. The van der Waals surface area contributed by atoms with Crippen LogP contribution in [-0.4, -0.2) is 30.0 Å². The summed E-state index contributed by atoms with van der Waals surface area (Å²) in [6.45, 7) is 1.15. The van der Waals surface area contributed by atoms with E-state index >= 15 is 0 Å². The quantitative estimate of drug-likeness (QED) is 0.562. The molecule has 0 heterocycles. The lowest BCUT2D eigenvalue weighted by molar-refractivity contribution is 0.385. The lowest BCUT2D eigenvalue weighted by Crippen LogP contribution is -2.34. The van der Waals surface area contributed by atoms with Gasteiger partial charge in [-0.1, -0.05) is 0 Å². The molecule has 0 aromatic heterocycles. The molecule has 0 bridgehead atoms. The van der Waals surface area contributed by atoms with Crippen molar-refractivity contribution in [3.8, 4) is 0 Å². The van der Waals surface area contributed by atoms with Gasteiger partial charge in [0.2, 0.25) is 0 Å². The number of hydrogen-bond acceptors (Lipinski definition) is 2. The van der Waals surface area contributed by atoms with Gasteiger partial charge in [0, 0.05) is 23.7 Å². The molecule has 1 N–H and O–H groups in total. The third-order valence-electron chi connectivity index (χ3n) is 2.40. The largest absolute Gasteiger partial charge is 0.313 e. The summed E-state index contributed by atoms with van der Waals surface area (Å²) < 4.78 is 0. The van der Waals surface area contributed by atoms with Crippen molar-refractivity contribution in [3.63, 3.8) is 0 Å². The second-order valence-corrected chi connectivity index (χ2v) is 5.00. The van der Waals surface area contributed by atoms with Gasteiger partial charge in [-0.25, -0.2) is 0 Å². The molecule has 0 aromatic carbocycles. The van der Waals surface area contributed by atoms with E-state index in [1.54, 1.807) is 0 Å². The van der Waals surface area contributed by atoms with Crippen LogP contribution in [0.3, 0.4) is 0 Å². The predicted octanol–water partition coefficient (Wildman–Crippen LogP) is 2.49. The Bertz CT molecular complexity index is 113. The Morgan fingerprint density at radius 3 is 2.58 bits per heavy atom. The molecule has 0 amide bonds. The number of hydrogen-bond donors (Lipinski definition) is 1. The van der Waals surface area contributed by atoms with Crippen molar-refractivity contribution >= 4 is 23.4 Å². The normalized spacial score (nSPS) is 30.5. The van der Waals surface area contributed by atoms with E-state index in [4.69, 9.17) is 11.6 Å². The fraction of sp³-hybridized carbons (Fsp3) is 1.00. The SMILES string of the molecule is CSCCNC1CCC(Cl)CC1. The topological polar surface area (TPSA) is 12.0 Å². The number of thioether (sulfide) groups is 1. The highest BCUT2D eigenvalue weighted by atomic mass is 35.5. The number of nitrogens with one attached hydrogen (secondary N) is 1. The van der Waals surface area contributed by atoms with E-state index in [0.29, 0.717) is 5.38 Å². The molecule has 0 atom stereocenters. The summed E-state index contributed by atoms with van der Waals surface area (Å²) in [6.07, 6.45) is 7.07. The third-order valence-corrected chi connectivity index (χ3v) is 3.44. The maximum Gasteiger partial charge on any atom is 0.0337 e. The van der Waals surface area contributed by atoms with Crippen molar-refractivity contribution in [2.45, 2.75) is 37.1 Å². The standard InChI is InChI=1S/C9H18ClNS/c1-12-7-6-11-9-4-2-8(10)3-5-9/h8-9,11H,2-7H2,1H3. The predicted molar refractivity (Wildman–Crippen MR) is 58.3 cm³/mol. The maximum atomic E-state index is 6.01. The minimum absolute atomic E-state index is 0.448. The van der Waals surface area contributed by atoms with Crippen LogP contribution in [-0.2, 0) is 0 Å². The van der Waals surface area contributed by atoms with Crippen molar-refractivity contribution in [1.29, 1.82) is 0 Å². The smallest absolute Gasteiger partial charge is 0.0337 e. The van der Waals surface area contributed by atoms with Crippen molar-refractivity contribution in [2.75, 3.05) is 18.6 Å². The second-order valence-electron chi connectivity index (χ2n) is 3.40. The third kappa shape index (κ3) is 4.01. The zero-order valence-electron chi connectivity index (χ0n) is 7.68. The van der Waals surface area contributed by atoms with Crippen LogP contribution < -0.4 is 5.32 Å². The molecule has 0 aliphatic heterocycles. The van der Waals surface area contributed by atoms with Crippen LogP contribution in [0.4, 0.5) is 0 Å². The van der Waals surface area contributed by atoms with Crippen LogP contribution in [0.5, 0.6) is 0 Å². The Balaban J connectivity index is 2.01. The molecule has 0 aromatic rings. The van der Waals surface area contributed by atoms with Crippen molar-refractivity contribution in [2.24, 2.45) is 0 Å². The number of rotatable bonds is 4. The molecule has 0 saturated heterocycles. The summed E-state index contributed by atoms with van der Waals surface area (Å²) in [4.78, 5) is 0. The molecule has 72 valence electrons. The van der Waals surface area contributed by atoms with Gasteiger partial charge in [-0.2, -0.15) is 11.8 Å². The zero-order valence-corrected chi connectivity index (χ0v) is 9.26. The summed E-state index contributed by atoms with van der Waals surface area (Å²) in [5.74, 6) is 1.22. The van der Waals surface area contributed by atoms with Gasteiger partial charge < -0.3 is 5.32 Å². The van der Waals surface area contributed by atoms with E-state index in [0.717, 1.165) is 12.6 Å². The van der Waals surface area contributed by atoms with Gasteiger partial charge in [-0.3, -0.25) is 0 Å². The van der Waals surface area contributed by atoms with Crippen LogP contribution in [0.2, 0.25) is 0 Å². The monoisotopic (exact) mass is 207 g/mol. The highest BCUT2D eigenvalue weighted by Gasteiger charge is 2.18. The van der Waals surface area contributed by atoms with Crippen LogP contribution in [0.25, 0.3) is 0 Å². The summed E-state index contributed by atoms with van der Waals surface area (Å²) in [5.41, 5.74) is 0. The van der Waals surface area contributed by atoms with Gasteiger partial charge in [-0.05, 0) is 31.9 Å². The lowest BCUT2D eigenvalue weighted by atomic mass is 9.95. The van der Waals surface area contributed by atoms with Crippen LogP contribution >= 0.6 is 23.4 Å². The molecule has 3 heteroatoms. The Labute approximate surface area is 84.6 Å². The van der Waals surface area contributed by atoms with Gasteiger partial charge in [0.05, 0.1) is 0 Å². The van der Waals surface area contributed by atoms with E-state index < -0.39 is 0 Å². The lowest BCUT2D eigenvalue weighted by Gasteiger charge is -2.25. The molecule has 1 rings (SSSR count). The minimum Gasteiger partial charge on any atom is -0.313 e. The van der Waals surface area contributed by atoms with Crippen molar-refractivity contribution in [1.82, 2.24) is 5.32 Å². The highest BCUT2D eigenvalue weighted by molar-refractivity contribution is 7.98. The summed E-state index contributed by atoms with van der Waals surface area (Å²) >= 11 is 7.91. The molecule has 1 nitrogen and oxygen atoms in total. The molecule has 0 unspecified atom stereocenters. The van der Waals surface area contributed by atoms with Crippen LogP contribution in [0, 0.1) is 0 Å². The fourth-order valence-corrected chi connectivity index (χ4v) is 2.20. The summed E-state index contributed by atoms with van der Waals surface area (Å²) in [6, 6.07) is 0.743. The summed E-state index contributed by atoms with van der Waals surface area (Å²) in [5, 5.41) is 4.01. The second kappa shape index (κ2) is 6.11. The number of alkyl halides is 1. The minimum atomic E-state index is 0.448. The van der Waals surface area contributed by atoms with Gasteiger partial charge in [0.25, 0.3) is 0 Å². The first-order valence-electron chi connectivity index (χ1n) is 4.69. The Kier molecular flexibility index (Phi) is 5.44. The van der Waals surface area contributed by atoms with E-state index in [1.807, 2.05) is 11.8 Å². The van der Waals surface area contributed by atoms with Gasteiger partial charge in [0.15, 0.2) is 0 Å². The van der Waals surface area contributed by atoms with Gasteiger partial charge >= 0.3 is 0 Å². The first kappa shape index (κ1) is 10.7. The first-order valence-corrected chi connectivity index (χ1v) is 6.52. The van der Waals surface area contributed by atoms with Crippen molar-refractivity contribution in [3.05, 3.63) is 0 Å². The van der Waals surface area contributed by atoms with E-state index in [2.05, 4.69) is 11.6 Å². The Hall–Kier alpha value is 0.600. The van der Waals surface area contributed by atoms with Gasteiger partial charge in [0.1, 0.15) is 0 Å². The van der Waals surface area contributed by atoms with Crippen LogP contribution in [0.1, 0.15) is 25.7 Å². The Morgan fingerprint density at radius 2 is 2.00 bits per heavy atom. The fourth-order valence-electron chi connectivity index (χ4n) is 1.62. The highest BCUT2D eigenvalue weighted by Crippen LogP contribution is 2.22. The molecule has 1 saturated carbocycles. The van der Waals surface area contributed by atoms with Gasteiger partial charge in [-0.15, -0.1) is 11.6 Å². The molecular weight excluding hydrogens is 190 g/mol. The molecule has 1 aliphatic carbocycles. The van der Waals surface area contributed by atoms with Crippen LogP contribution in [0.15, 0.2) is 0 Å². The molecule has 0 radical (unpaired) electrons. The zero-order chi connectivity index (χ0) is 8.81. The summed E-state index contributed by atoms with van der Waals surface area (Å²) in [7, 11) is 0. The average molecular weight is 208 g/mol. The van der Waals surface area contributed by atoms with E-state index in [1.165, 1.54) is 31.4 Å². The Morgan fingerprint density at radius 1 is 1.33 bits per heavy atom. The van der Waals surface area contributed by atoms with E-state index in [9.17, 15) is 0 Å². The molecule has 12 heavy (non-hydrogen) atoms. The molecular formula is C9H18ClNS.